The van der Waals surface area contributed by atoms with Crippen LogP contribution in [0.5, 0.6) is 5.75 Å². The number of hydrogen-bond acceptors (Lipinski definition) is 2. The second kappa shape index (κ2) is 6.69. The molecule has 0 aliphatic rings. The molecule has 3 rings (SSSR count). The number of hydrogen-bond donors (Lipinski definition) is 1. The van der Waals surface area contributed by atoms with Crippen molar-refractivity contribution in [2.75, 3.05) is 4.67 Å². The van der Waals surface area contributed by atoms with Crippen molar-refractivity contribution in [3.05, 3.63) is 91.0 Å². The van der Waals surface area contributed by atoms with Crippen molar-refractivity contribution >= 4 is 19.0 Å². The van der Waals surface area contributed by atoms with Gasteiger partial charge >= 0.3 is 7.67 Å². The summed E-state index contributed by atoms with van der Waals surface area (Å²) >= 11 is 0. The molecule has 0 amide bonds. The van der Waals surface area contributed by atoms with E-state index in [4.69, 9.17) is 10.0 Å². The SMILES string of the molecule is NP(=O)(Oc1ccccc1)N(c1ccccc1)c1ccccc1. The molecule has 1 unspecified atom stereocenters. The highest BCUT2D eigenvalue weighted by Crippen LogP contribution is 2.50. The Morgan fingerprint density at radius 1 is 0.696 bits per heavy atom. The van der Waals surface area contributed by atoms with Crippen LogP contribution in [-0.4, -0.2) is 0 Å². The third-order valence-electron chi connectivity index (χ3n) is 3.26. The molecule has 1 atom stereocenters. The van der Waals surface area contributed by atoms with E-state index in [9.17, 15) is 4.57 Å². The van der Waals surface area contributed by atoms with Gasteiger partial charge in [-0.15, -0.1) is 0 Å². The number of rotatable bonds is 5. The van der Waals surface area contributed by atoms with E-state index in [0.717, 1.165) is 0 Å². The van der Waals surface area contributed by atoms with Crippen molar-refractivity contribution in [2.24, 2.45) is 5.50 Å². The summed E-state index contributed by atoms with van der Waals surface area (Å²) in [5, 5.41) is 0. The Hall–Kier alpha value is -2.55. The first kappa shape index (κ1) is 15.3. The van der Waals surface area contributed by atoms with Crippen molar-refractivity contribution in [3.8, 4) is 5.75 Å². The van der Waals surface area contributed by atoms with Gasteiger partial charge in [0, 0.05) is 0 Å². The number of para-hydroxylation sites is 3. The van der Waals surface area contributed by atoms with Gasteiger partial charge in [0.25, 0.3) is 0 Å². The van der Waals surface area contributed by atoms with Crippen molar-refractivity contribution in [3.63, 3.8) is 0 Å². The Labute approximate surface area is 135 Å². The van der Waals surface area contributed by atoms with E-state index in [1.165, 1.54) is 0 Å². The van der Waals surface area contributed by atoms with Crippen molar-refractivity contribution in [1.29, 1.82) is 0 Å². The quantitative estimate of drug-likeness (QED) is 0.673. The predicted molar refractivity (Wildman–Crippen MR) is 93.9 cm³/mol. The third kappa shape index (κ3) is 3.62. The largest absolute Gasteiger partial charge is 0.421 e. The monoisotopic (exact) mass is 324 g/mol. The fourth-order valence-corrected chi connectivity index (χ4v) is 3.70. The molecule has 0 spiro atoms. The maximum atomic E-state index is 13.2. The molecule has 0 aliphatic carbocycles. The summed E-state index contributed by atoms with van der Waals surface area (Å²) in [4.78, 5) is 0. The predicted octanol–water partition coefficient (Wildman–Crippen LogP) is 4.97. The van der Waals surface area contributed by atoms with E-state index in [-0.39, 0.29) is 0 Å². The lowest BCUT2D eigenvalue weighted by Gasteiger charge is -2.30. The van der Waals surface area contributed by atoms with E-state index >= 15 is 0 Å². The van der Waals surface area contributed by atoms with Crippen molar-refractivity contribution in [2.45, 2.75) is 0 Å². The molecule has 3 aromatic rings. The first-order valence-corrected chi connectivity index (χ1v) is 8.85. The molecule has 2 N–H and O–H groups in total. The number of anilines is 2. The lowest BCUT2D eigenvalue weighted by Crippen LogP contribution is -2.22. The molecule has 116 valence electrons. The van der Waals surface area contributed by atoms with Gasteiger partial charge in [-0.2, -0.15) is 0 Å². The summed E-state index contributed by atoms with van der Waals surface area (Å²) in [6, 6.07) is 27.6. The second-order valence-electron chi connectivity index (χ2n) is 4.95. The van der Waals surface area contributed by atoms with Crippen molar-refractivity contribution in [1.82, 2.24) is 0 Å². The first-order chi connectivity index (χ1) is 11.2. The molecule has 0 bridgehead atoms. The molecule has 0 aliphatic heterocycles. The lowest BCUT2D eigenvalue weighted by atomic mass is 10.3. The summed E-state index contributed by atoms with van der Waals surface area (Å²) in [5.41, 5.74) is 7.53. The van der Waals surface area contributed by atoms with Crippen LogP contribution in [0.2, 0.25) is 0 Å². The molecule has 0 radical (unpaired) electrons. The number of benzene rings is 3. The molecule has 0 saturated heterocycles. The number of nitrogens with two attached hydrogens (primary N) is 1. The zero-order valence-electron chi connectivity index (χ0n) is 12.4. The van der Waals surface area contributed by atoms with Gasteiger partial charge < -0.3 is 4.52 Å². The van der Waals surface area contributed by atoms with E-state index < -0.39 is 7.67 Å². The average Bonchev–Trinajstić information content (AvgIpc) is 2.57. The highest BCUT2D eigenvalue weighted by molar-refractivity contribution is 7.59. The zero-order valence-corrected chi connectivity index (χ0v) is 13.3. The molecule has 23 heavy (non-hydrogen) atoms. The Morgan fingerprint density at radius 3 is 1.52 bits per heavy atom. The van der Waals surface area contributed by atoms with Crippen LogP contribution in [0.1, 0.15) is 0 Å². The summed E-state index contributed by atoms with van der Waals surface area (Å²) in [7, 11) is -3.64. The van der Waals surface area contributed by atoms with Gasteiger partial charge in [-0.05, 0) is 36.4 Å². The Kier molecular flexibility index (Phi) is 4.47. The normalized spacial score (nSPS) is 13.1. The molecule has 4 nitrogen and oxygen atoms in total. The van der Waals surface area contributed by atoms with Crippen LogP contribution in [0.3, 0.4) is 0 Å². The first-order valence-electron chi connectivity index (χ1n) is 7.21. The highest BCUT2D eigenvalue weighted by Gasteiger charge is 2.30. The van der Waals surface area contributed by atoms with Crippen LogP contribution in [0.25, 0.3) is 0 Å². The van der Waals surface area contributed by atoms with Gasteiger partial charge in [0.2, 0.25) is 0 Å². The molecule has 0 aromatic heterocycles. The maximum Gasteiger partial charge on any atom is 0.421 e. The van der Waals surface area contributed by atoms with Crippen LogP contribution in [0.4, 0.5) is 11.4 Å². The van der Waals surface area contributed by atoms with Gasteiger partial charge in [0.05, 0.1) is 11.4 Å². The molecule has 3 aromatic carbocycles. The standard InChI is InChI=1S/C18H17N2O2P/c19-23(21,22-18-14-8-3-9-15-18)20(16-10-4-1-5-11-16)17-12-6-2-7-13-17/h1-15H,(H2,19,21). The van der Waals surface area contributed by atoms with Crippen LogP contribution in [0, 0.1) is 0 Å². The fourth-order valence-electron chi connectivity index (χ4n) is 2.28. The smallest absolute Gasteiger partial charge is 0.418 e. The zero-order chi connectivity index (χ0) is 16.1. The van der Waals surface area contributed by atoms with E-state index in [1.807, 2.05) is 78.9 Å². The van der Waals surface area contributed by atoms with Crippen LogP contribution in [-0.2, 0) is 4.57 Å². The third-order valence-corrected chi connectivity index (χ3v) is 4.75. The summed E-state index contributed by atoms with van der Waals surface area (Å²) in [6.45, 7) is 0. The van der Waals surface area contributed by atoms with Gasteiger partial charge in [-0.1, -0.05) is 54.6 Å². The average molecular weight is 324 g/mol. The highest BCUT2D eigenvalue weighted by atomic mass is 31.2. The van der Waals surface area contributed by atoms with E-state index in [2.05, 4.69) is 0 Å². The minimum Gasteiger partial charge on any atom is -0.418 e. The maximum absolute atomic E-state index is 13.2. The molecule has 0 heterocycles. The minimum absolute atomic E-state index is 0.468. The Morgan fingerprint density at radius 2 is 1.09 bits per heavy atom. The van der Waals surface area contributed by atoms with Gasteiger partial charge in [-0.3, -0.25) is 0 Å². The molecule has 5 heteroatoms. The summed E-state index contributed by atoms with van der Waals surface area (Å²) in [5.74, 6) is 0.468. The van der Waals surface area contributed by atoms with E-state index in [1.54, 1.807) is 16.8 Å². The molecule has 0 fully saturated rings. The molecular weight excluding hydrogens is 307 g/mol. The lowest BCUT2D eigenvalue weighted by molar-refractivity contribution is 0.483. The van der Waals surface area contributed by atoms with Gasteiger partial charge in [0.15, 0.2) is 0 Å². The van der Waals surface area contributed by atoms with Gasteiger partial charge in [-0.25, -0.2) is 14.7 Å². The Bertz CT molecular complexity index is 756. The fraction of sp³-hybridized carbons (Fsp3) is 0. The van der Waals surface area contributed by atoms with Gasteiger partial charge in [0.1, 0.15) is 5.75 Å². The summed E-state index contributed by atoms with van der Waals surface area (Å²) in [6.07, 6.45) is 0. The molecular formula is C18H17N2O2P. The Balaban J connectivity index is 2.03. The van der Waals surface area contributed by atoms with Crippen LogP contribution in [0.15, 0.2) is 91.0 Å². The minimum atomic E-state index is -3.64. The topological polar surface area (TPSA) is 55.6 Å². The number of nitrogens with zero attached hydrogens (tertiary/aromatic N) is 1. The van der Waals surface area contributed by atoms with Crippen LogP contribution >= 0.6 is 7.67 Å². The second-order valence-corrected chi connectivity index (χ2v) is 6.66. The molecule has 0 saturated carbocycles. The van der Waals surface area contributed by atoms with E-state index in [0.29, 0.717) is 17.1 Å². The van der Waals surface area contributed by atoms with Crippen LogP contribution < -0.4 is 14.7 Å². The summed E-state index contributed by atoms with van der Waals surface area (Å²) < 4.78 is 20.3. The van der Waals surface area contributed by atoms with Crippen molar-refractivity contribution < 1.29 is 9.09 Å².